The zero-order valence-corrected chi connectivity index (χ0v) is 14.8. The zero-order valence-electron chi connectivity index (χ0n) is 14.0. The topological polar surface area (TPSA) is 105 Å². The normalized spacial score (nSPS) is 11.6. The van der Waals surface area contributed by atoms with Crippen LogP contribution in [0.15, 0.2) is 40.4 Å². The predicted octanol–water partition coefficient (Wildman–Crippen LogP) is 1.94. The van der Waals surface area contributed by atoms with Gasteiger partial charge in [0.05, 0.1) is 22.0 Å². The van der Waals surface area contributed by atoms with Crippen LogP contribution in [0.1, 0.15) is 21.6 Å². The fraction of sp³-hybridized carbons (Fsp3) is 0.118. The summed E-state index contributed by atoms with van der Waals surface area (Å²) in [7, 11) is 1.74. The van der Waals surface area contributed by atoms with Gasteiger partial charge in [-0.2, -0.15) is 10.2 Å². The van der Waals surface area contributed by atoms with Crippen molar-refractivity contribution in [3.05, 3.63) is 57.0 Å². The second-order valence-corrected chi connectivity index (χ2v) is 6.79. The van der Waals surface area contributed by atoms with Crippen molar-refractivity contribution in [2.45, 2.75) is 6.92 Å². The van der Waals surface area contributed by atoms with E-state index in [1.165, 1.54) is 23.7 Å². The van der Waals surface area contributed by atoms with Gasteiger partial charge in [0, 0.05) is 24.3 Å². The molecule has 0 spiro atoms. The molecule has 9 heteroatoms. The van der Waals surface area contributed by atoms with Gasteiger partial charge in [0.25, 0.3) is 5.91 Å². The van der Waals surface area contributed by atoms with Crippen molar-refractivity contribution >= 4 is 44.7 Å². The Labute approximate surface area is 151 Å². The molecule has 0 aliphatic rings. The van der Waals surface area contributed by atoms with E-state index in [-0.39, 0.29) is 10.8 Å². The summed E-state index contributed by atoms with van der Waals surface area (Å²) in [6.07, 6.45) is 3.00. The zero-order chi connectivity index (χ0) is 18.3. The first-order chi connectivity index (χ1) is 12.5. The standard InChI is InChI=1S/C17H14N6O2S/c1-9-12-6-11(8-18-15(12)21-20-9)16(24)22-19-7-10-3-4-13-14(5-10)26-17(25)23(13)2/h3-8H,1-2H3,(H,22,24)(H,18,20,21)/b19-7+. The number of aryl methyl sites for hydroxylation is 2. The van der Waals surface area contributed by atoms with E-state index in [4.69, 9.17) is 0 Å². The van der Waals surface area contributed by atoms with Crippen LogP contribution in [-0.2, 0) is 7.05 Å². The number of hydrogen-bond donors (Lipinski definition) is 2. The number of carbonyl (C=O) groups excluding carboxylic acids is 1. The summed E-state index contributed by atoms with van der Waals surface area (Å²) in [5.41, 5.74) is 5.96. The Morgan fingerprint density at radius 1 is 1.38 bits per heavy atom. The third-order valence-electron chi connectivity index (χ3n) is 4.06. The largest absolute Gasteiger partial charge is 0.307 e. The van der Waals surface area contributed by atoms with Gasteiger partial charge < -0.3 is 4.57 Å². The Hall–Kier alpha value is -3.33. The smallest absolute Gasteiger partial charge is 0.302 e. The number of fused-ring (bicyclic) bond motifs is 2. The van der Waals surface area contributed by atoms with Crippen LogP contribution in [0.3, 0.4) is 0 Å². The fourth-order valence-corrected chi connectivity index (χ4v) is 3.53. The van der Waals surface area contributed by atoms with Crippen LogP contribution in [-0.4, -0.2) is 31.9 Å². The Kier molecular flexibility index (Phi) is 3.85. The van der Waals surface area contributed by atoms with Gasteiger partial charge in [-0.15, -0.1) is 0 Å². The van der Waals surface area contributed by atoms with E-state index < -0.39 is 0 Å². The van der Waals surface area contributed by atoms with E-state index in [0.717, 1.165) is 26.9 Å². The number of carbonyl (C=O) groups is 1. The maximum absolute atomic E-state index is 12.2. The second kappa shape index (κ2) is 6.19. The van der Waals surface area contributed by atoms with Crippen molar-refractivity contribution < 1.29 is 4.79 Å². The molecule has 0 bridgehead atoms. The van der Waals surface area contributed by atoms with E-state index in [1.807, 2.05) is 25.1 Å². The molecule has 2 N–H and O–H groups in total. The molecule has 8 nitrogen and oxygen atoms in total. The quantitative estimate of drug-likeness (QED) is 0.427. The summed E-state index contributed by atoms with van der Waals surface area (Å²) in [4.78, 5) is 28.1. The number of hydrazone groups is 1. The number of thiazole rings is 1. The van der Waals surface area contributed by atoms with Crippen molar-refractivity contribution in [2.24, 2.45) is 12.1 Å². The minimum absolute atomic E-state index is 0.0141. The number of aromatic amines is 1. The molecule has 130 valence electrons. The van der Waals surface area contributed by atoms with Gasteiger partial charge in [0.1, 0.15) is 0 Å². The van der Waals surface area contributed by atoms with Gasteiger partial charge in [-0.3, -0.25) is 14.7 Å². The summed E-state index contributed by atoms with van der Waals surface area (Å²) in [5, 5.41) is 11.6. The monoisotopic (exact) mass is 366 g/mol. The summed E-state index contributed by atoms with van der Waals surface area (Å²) in [5.74, 6) is -0.360. The van der Waals surface area contributed by atoms with Gasteiger partial charge in [-0.25, -0.2) is 10.4 Å². The number of rotatable bonds is 3. The second-order valence-electron chi connectivity index (χ2n) is 5.80. The van der Waals surface area contributed by atoms with Crippen molar-refractivity contribution in [1.29, 1.82) is 0 Å². The molecule has 26 heavy (non-hydrogen) atoms. The summed E-state index contributed by atoms with van der Waals surface area (Å²) in [6, 6.07) is 7.28. The van der Waals surface area contributed by atoms with E-state index >= 15 is 0 Å². The molecule has 3 heterocycles. The highest BCUT2D eigenvalue weighted by molar-refractivity contribution is 7.16. The van der Waals surface area contributed by atoms with Gasteiger partial charge >= 0.3 is 4.87 Å². The number of nitrogens with one attached hydrogen (secondary N) is 2. The van der Waals surface area contributed by atoms with Crippen molar-refractivity contribution in [3.8, 4) is 0 Å². The molecule has 4 rings (SSSR count). The summed E-state index contributed by atoms with van der Waals surface area (Å²) >= 11 is 1.17. The van der Waals surface area contributed by atoms with Crippen LogP contribution in [0.5, 0.6) is 0 Å². The molecular weight excluding hydrogens is 352 g/mol. The van der Waals surface area contributed by atoms with E-state index in [1.54, 1.807) is 17.7 Å². The number of pyridine rings is 1. The number of hydrogen-bond acceptors (Lipinski definition) is 6. The lowest BCUT2D eigenvalue weighted by molar-refractivity contribution is 0.0955. The Bertz CT molecular complexity index is 1230. The Morgan fingerprint density at radius 2 is 2.23 bits per heavy atom. The number of benzene rings is 1. The Morgan fingerprint density at radius 3 is 3.08 bits per heavy atom. The molecule has 0 aliphatic carbocycles. The highest BCUT2D eigenvalue weighted by atomic mass is 32.1. The molecule has 3 aromatic heterocycles. The maximum Gasteiger partial charge on any atom is 0.307 e. The Balaban J connectivity index is 1.52. The molecule has 0 saturated carbocycles. The van der Waals surface area contributed by atoms with Crippen molar-refractivity contribution in [1.82, 2.24) is 25.2 Å². The first-order valence-corrected chi connectivity index (χ1v) is 8.58. The molecule has 1 aromatic carbocycles. The number of aromatic nitrogens is 4. The molecular formula is C17H14N6O2S. The van der Waals surface area contributed by atoms with Crippen LogP contribution >= 0.6 is 11.3 Å². The van der Waals surface area contributed by atoms with Gasteiger partial charge in [-0.1, -0.05) is 17.4 Å². The summed E-state index contributed by atoms with van der Waals surface area (Å²) in [6.45, 7) is 1.87. The van der Waals surface area contributed by atoms with E-state index in [2.05, 4.69) is 25.7 Å². The summed E-state index contributed by atoms with van der Waals surface area (Å²) < 4.78 is 2.47. The minimum atomic E-state index is -0.360. The lowest BCUT2D eigenvalue weighted by Crippen LogP contribution is -2.17. The van der Waals surface area contributed by atoms with Crippen LogP contribution in [0.25, 0.3) is 21.3 Å². The molecule has 0 atom stereocenters. The third kappa shape index (κ3) is 2.78. The van der Waals surface area contributed by atoms with Crippen LogP contribution in [0, 0.1) is 6.92 Å². The van der Waals surface area contributed by atoms with Crippen LogP contribution < -0.4 is 10.3 Å². The van der Waals surface area contributed by atoms with Gasteiger partial charge in [0.2, 0.25) is 0 Å². The third-order valence-corrected chi connectivity index (χ3v) is 5.05. The van der Waals surface area contributed by atoms with E-state index in [9.17, 15) is 9.59 Å². The lowest BCUT2D eigenvalue weighted by atomic mass is 10.2. The average Bonchev–Trinajstić information content (AvgIpc) is 3.14. The molecule has 0 fully saturated rings. The first-order valence-electron chi connectivity index (χ1n) is 7.76. The molecule has 0 saturated heterocycles. The van der Waals surface area contributed by atoms with Crippen molar-refractivity contribution in [3.63, 3.8) is 0 Å². The maximum atomic E-state index is 12.2. The lowest BCUT2D eigenvalue weighted by Gasteiger charge is -2.00. The minimum Gasteiger partial charge on any atom is -0.302 e. The van der Waals surface area contributed by atoms with Crippen LogP contribution in [0.2, 0.25) is 0 Å². The number of H-pyrrole nitrogens is 1. The highest BCUT2D eigenvalue weighted by Gasteiger charge is 2.09. The molecule has 4 aromatic rings. The molecule has 0 radical (unpaired) electrons. The molecule has 0 unspecified atom stereocenters. The van der Waals surface area contributed by atoms with Gasteiger partial charge in [0.15, 0.2) is 5.65 Å². The average molecular weight is 366 g/mol. The van der Waals surface area contributed by atoms with Gasteiger partial charge in [-0.05, 0) is 30.7 Å². The fourth-order valence-electron chi connectivity index (χ4n) is 2.60. The number of amides is 1. The van der Waals surface area contributed by atoms with Crippen LogP contribution in [0.4, 0.5) is 0 Å². The van der Waals surface area contributed by atoms with Crippen molar-refractivity contribution in [2.75, 3.05) is 0 Å². The highest BCUT2D eigenvalue weighted by Crippen LogP contribution is 2.17. The molecule has 1 amide bonds. The number of nitrogens with zero attached hydrogens (tertiary/aromatic N) is 4. The first kappa shape index (κ1) is 16.2. The SMILES string of the molecule is Cc1[nH]nc2ncc(C(=O)N/N=C/c3ccc4c(c3)sc(=O)n4C)cc12. The molecule has 0 aliphatic heterocycles. The van der Waals surface area contributed by atoms with E-state index in [0.29, 0.717) is 11.2 Å². The predicted molar refractivity (Wildman–Crippen MR) is 101 cm³/mol.